The smallest absolute Gasteiger partial charge is 0.241 e. The molecule has 2 fully saturated rings. The lowest BCUT2D eigenvalue weighted by molar-refractivity contribution is -0.117. The van der Waals surface area contributed by atoms with E-state index in [0.29, 0.717) is 0 Å². The molecule has 1 aromatic rings. The van der Waals surface area contributed by atoms with E-state index in [1.165, 1.54) is 0 Å². The highest BCUT2D eigenvalue weighted by Gasteiger charge is 2.22. The summed E-state index contributed by atoms with van der Waals surface area (Å²) < 4.78 is 5.32. The summed E-state index contributed by atoms with van der Waals surface area (Å²) in [4.78, 5) is 18.6. The summed E-state index contributed by atoms with van der Waals surface area (Å²) in [5.41, 5.74) is 0.751. The molecule has 0 spiro atoms. The van der Waals surface area contributed by atoms with Crippen molar-refractivity contribution in [2.75, 3.05) is 43.1 Å². The summed E-state index contributed by atoms with van der Waals surface area (Å²) in [7, 11) is 0. The van der Waals surface area contributed by atoms with Crippen molar-refractivity contribution in [1.29, 1.82) is 0 Å². The van der Waals surface area contributed by atoms with Crippen LogP contribution in [0.3, 0.4) is 0 Å². The molecule has 20 heavy (non-hydrogen) atoms. The first-order valence-corrected chi connectivity index (χ1v) is 7.16. The number of amides is 1. The molecular formula is C14H20N4O2. The van der Waals surface area contributed by atoms with Gasteiger partial charge in [0.05, 0.1) is 31.1 Å². The van der Waals surface area contributed by atoms with Crippen molar-refractivity contribution < 1.29 is 9.53 Å². The average molecular weight is 276 g/mol. The van der Waals surface area contributed by atoms with Crippen LogP contribution in [0.4, 0.5) is 11.5 Å². The van der Waals surface area contributed by atoms with Crippen LogP contribution in [0.1, 0.15) is 12.8 Å². The van der Waals surface area contributed by atoms with Crippen LogP contribution in [0.25, 0.3) is 0 Å². The monoisotopic (exact) mass is 276 g/mol. The minimum atomic E-state index is -0.0612. The van der Waals surface area contributed by atoms with Crippen molar-refractivity contribution in [1.82, 2.24) is 10.3 Å². The lowest BCUT2D eigenvalue weighted by Crippen LogP contribution is -2.37. The summed E-state index contributed by atoms with van der Waals surface area (Å²) in [5.74, 6) is 0.966. The normalized spacial score (nSPS) is 22.8. The first kappa shape index (κ1) is 13.3. The van der Waals surface area contributed by atoms with Crippen molar-refractivity contribution in [3.8, 4) is 0 Å². The first-order chi connectivity index (χ1) is 9.83. The molecule has 1 unspecified atom stereocenters. The second-order valence-corrected chi connectivity index (χ2v) is 5.14. The van der Waals surface area contributed by atoms with E-state index >= 15 is 0 Å². The molecule has 2 N–H and O–H groups in total. The van der Waals surface area contributed by atoms with Crippen LogP contribution < -0.4 is 15.5 Å². The van der Waals surface area contributed by atoms with E-state index in [2.05, 4.69) is 20.5 Å². The fraction of sp³-hybridized carbons (Fsp3) is 0.571. The second-order valence-electron chi connectivity index (χ2n) is 5.14. The van der Waals surface area contributed by atoms with Gasteiger partial charge in [-0.05, 0) is 31.5 Å². The molecule has 3 rings (SSSR count). The number of carbonyl (C=O) groups is 1. The largest absolute Gasteiger partial charge is 0.378 e. The summed E-state index contributed by atoms with van der Waals surface area (Å²) >= 11 is 0. The van der Waals surface area contributed by atoms with E-state index in [-0.39, 0.29) is 11.9 Å². The molecule has 1 atom stereocenters. The van der Waals surface area contributed by atoms with Gasteiger partial charge in [0.25, 0.3) is 0 Å². The van der Waals surface area contributed by atoms with Gasteiger partial charge in [-0.2, -0.15) is 0 Å². The Hall–Kier alpha value is -1.66. The Bertz CT molecular complexity index is 451. The molecular weight excluding hydrogens is 256 g/mol. The maximum Gasteiger partial charge on any atom is 0.241 e. The lowest BCUT2D eigenvalue weighted by atomic mass is 10.2. The van der Waals surface area contributed by atoms with E-state index < -0.39 is 0 Å². The molecule has 0 radical (unpaired) electrons. The fourth-order valence-corrected chi connectivity index (χ4v) is 2.58. The summed E-state index contributed by atoms with van der Waals surface area (Å²) in [5, 5.41) is 6.09. The van der Waals surface area contributed by atoms with Gasteiger partial charge >= 0.3 is 0 Å². The third-order valence-electron chi connectivity index (χ3n) is 3.73. The molecule has 0 aliphatic carbocycles. The van der Waals surface area contributed by atoms with Crippen molar-refractivity contribution in [2.45, 2.75) is 18.9 Å². The number of anilines is 2. The summed E-state index contributed by atoms with van der Waals surface area (Å²) in [6, 6.07) is 3.79. The molecule has 0 bridgehead atoms. The number of morpholine rings is 1. The van der Waals surface area contributed by atoms with Gasteiger partial charge in [0.2, 0.25) is 5.91 Å². The van der Waals surface area contributed by atoms with Gasteiger partial charge in [-0.1, -0.05) is 0 Å². The first-order valence-electron chi connectivity index (χ1n) is 7.16. The van der Waals surface area contributed by atoms with Crippen LogP contribution in [0.15, 0.2) is 18.3 Å². The number of hydrogen-bond acceptors (Lipinski definition) is 5. The SMILES string of the molecule is O=C(Nc1ccc(N2CCOCC2)nc1)C1CCCN1. The Labute approximate surface area is 118 Å². The van der Waals surface area contributed by atoms with Crippen LogP contribution in [0.2, 0.25) is 0 Å². The van der Waals surface area contributed by atoms with Gasteiger partial charge < -0.3 is 20.3 Å². The predicted octanol–water partition coefficient (Wildman–Crippen LogP) is 0.609. The molecule has 0 saturated carbocycles. The van der Waals surface area contributed by atoms with Crippen LogP contribution in [-0.4, -0.2) is 49.8 Å². The Balaban J connectivity index is 1.59. The van der Waals surface area contributed by atoms with E-state index in [1.54, 1.807) is 6.20 Å². The third kappa shape index (κ3) is 3.08. The minimum absolute atomic E-state index is 0.0309. The predicted molar refractivity (Wildman–Crippen MR) is 76.9 cm³/mol. The topological polar surface area (TPSA) is 66.5 Å². The van der Waals surface area contributed by atoms with Crippen LogP contribution in [-0.2, 0) is 9.53 Å². The molecule has 1 amide bonds. The van der Waals surface area contributed by atoms with Crippen molar-refractivity contribution in [3.63, 3.8) is 0 Å². The van der Waals surface area contributed by atoms with Gasteiger partial charge in [0.15, 0.2) is 0 Å². The molecule has 108 valence electrons. The van der Waals surface area contributed by atoms with Gasteiger partial charge in [-0.15, -0.1) is 0 Å². The summed E-state index contributed by atoms with van der Waals surface area (Å²) in [6.45, 7) is 4.14. The molecule has 6 heteroatoms. The molecule has 2 saturated heterocycles. The maximum atomic E-state index is 12.0. The quantitative estimate of drug-likeness (QED) is 0.846. The molecule has 3 heterocycles. The zero-order valence-corrected chi connectivity index (χ0v) is 11.5. The Morgan fingerprint density at radius 3 is 2.90 bits per heavy atom. The van der Waals surface area contributed by atoms with Gasteiger partial charge in [-0.25, -0.2) is 4.98 Å². The number of nitrogens with one attached hydrogen (secondary N) is 2. The van der Waals surface area contributed by atoms with Crippen molar-refractivity contribution in [2.24, 2.45) is 0 Å². The second kappa shape index (κ2) is 6.19. The average Bonchev–Trinajstić information content (AvgIpc) is 3.03. The number of nitrogens with zero attached hydrogens (tertiary/aromatic N) is 2. The van der Waals surface area contributed by atoms with Gasteiger partial charge in [0, 0.05) is 13.1 Å². The Kier molecular flexibility index (Phi) is 4.13. The fourth-order valence-electron chi connectivity index (χ4n) is 2.58. The molecule has 0 aromatic carbocycles. The third-order valence-corrected chi connectivity index (χ3v) is 3.73. The highest BCUT2D eigenvalue weighted by atomic mass is 16.5. The Morgan fingerprint density at radius 2 is 2.25 bits per heavy atom. The highest BCUT2D eigenvalue weighted by Crippen LogP contribution is 2.16. The van der Waals surface area contributed by atoms with E-state index in [4.69, 9.17) is 4.74 Å². The summed E-state index contributed by atoms with van der Waals surface area (Å²) in [6.07, 6.45) is 3.69. The zero-order valence-electron chi connectivity index (χ0n) is 11.5. The number of hydrogen-bond donors (Lipinski definition) is 2. The molecule has 2 aliphatic heterocycles. The molecule has 1 aromatic heterocycles. The number of ether oxygens (including phenoxy) is 1. The zero-order chi connectivity index (χ0) is 13.8. The Morgan fingerprint density at radius 1 is 1.40 bits per heavy atom. The van der Waals surface area contributed by atoms with E-state index in [0.717, 1.165) is 57.2 Å². The van der Waals surface area contributed by atoms with Gasteiger partial charge in [-0.3, -0.25) is 4.79 Å². The standard InChI is InChI=1S/C14H20N4O2/c19-14(12-2-1-5-15-12)17-11-3-4-13(16-10-11)18-6-8-20-9-7-18/h3-4,10,12,15H,1-2,5-9H2,(H,17,19). The van der Waals surface area contributed by atoms with Gasteiger partial charge in [0.1, 0.15) is 5.82 Å². The number of aromatic nitrogens is 1. The molecule has 6 nitrogen and oxygen atoms in total. The van der Waals surface area contributed by atoms with E-state index in [9.17, 15) is 4.79 Å². The minimum Gasteiger partial charge on any atom is -0.378 e. The van der Waals surface area contributed by atoms with Crippen molar-refractivity contribution >= 4 is 17.4 Å². The van der Waals surface area contributed by atoms with Crippen molar-refractivity contribution in [3.05, 3.63) is 18.3 Å². The molecule has 2 aliphatic rings. The highest BCUT2D eigenvalue weighted by molar-refractivity contribution is 5.94. The number of pyridine rings is 1. The van der Waals surface area contributed by atoms with Crippen LogP contribution in [0, 0.1) is 0 Å². The number of rotatable bonds is 3. The van der Waals surface area contributed by atoms with Crippen LogP contribution in [0.5, 0.6) is 0 Å². The maximum absolute atomic E-state index is 12.0. The van der Waals surface area contributed by atoms with E-state index in [1.807, 2.05) is 12.1 Å². The van der Waals surface area contributed by atoms with Crippen LogP contribution >= 0.6 is 0 Å². The number of carbonyl (C=O) groups excluding carboxylic acids is 1. The lowest BCUT2D eigenvalue weighted by Gasteiger charge is -2.27.